The van der Waals surface area contributed by atoms with Gasteiger partial charge in [0.25, 0.3) is 0 Å². The van der Waals surface area contributed by atoms with Crippen LogP contribution in [0.2, 0.25) is 0 Å². The zero-order valence-corrected chi connectivity index (χ0v) is 11.4. The number of nitrogens with two attached hydrogens (primary N) is 1. The Morgan fingerprint density at radius 3 is 2.39 bits per heavy atom. The number of morpholine rings is 1. The monoisotopic (exact) mass is 256 g/mol. The average molecular weight is 256 g/mol. The highest BCUT2D eigenvalue weighted by molar-refractivity contribution is 5.82. The van der Waals surface area contributed by atoms with Crippen LogP contribution in [0.15, 0.2) is 0 Å². The summed E-state index contributed by atoms with van der Waals surface area (Å²) >= 11 is 0. The topological polar surface area (TPSA) is 72.6 Å². The van der Waals surface area contributed by atoms with Gasteiger partial charge in [0.15, 0.2) is 0 Å². The number of rotatable bonds is 6. The molecule has 1 fully saturated rings. The quantitative estimate of drug-likeness (QED) is 0.718. The standard InChI is InChI=1S/C13H24N2O3/c1-13(2,6-4-3-5-11(14)16)12(17)15-7-9-18-10-8-15/h3-10H2,1-2H3,(H2,14,16). The summed E-state index contributed by atoms with van der Waals surface area (Å²) in [6, 6.07) is 0. The Bertz CT molecular complexity index is 297. The Balaban J connectivity index is 2.36. The fourth-order valence-electron chi connectivity index (χ4n) is 2.17. The molecule has 104 valence electrons. The van der Waals surface area contributed by atoms with E-state index in [1.54, 1.807) is 0 Å². The Morgan fingerprint density at radius 1 is 1.22 bits per heavy atom. The molecule has 0 aliphatic carbocycles. The Kier molecular flexibility index (Phi) is 5.59. The summed E-state index contributed by atoms with van der Waals surface area (Å²) in [6.07, 6.45) is 2.81. The van der Waals surface area contributed by atoms with Crippen molar-refractivity contribution >= 4 is 11.8 Å². The molecule has 0 aromatic rings. The molecule has 0 bridgehead atoms. The normalized spacial score (nSPS) is 16.7. The summed E-state index contributed by atoms with van der Waals surface area (Å²) < 4.78 is 5.24. The number of hydrogen-bond donors (Lipinski definition) is 1. The molecule has 0 spiro atoms. The SMILES string of the molecule is CC(C)(CCCCC(N)=O)C(=O)N1CCOCC1. The zero-order chi connectivity index (χ0) is 13.6. The molecule has 1 heterocycles. The van der Waals surface area contributed by atoms with Crippen molar-refractivity contribution in [2.75, 3.05) is 26.3 Å². The number of primary amides is 1. The Hall–Kier alpha value is -1.10. The summed E-state index contributed by atoms with van der Waals surface area (Å²) in [6.45, 7) is 6.56. The summed E-state index contributed by atoms with van der Waals surface area (Å²) in [5, 5.41) is 0. The predicted octanol–water partition coefficient (Wildman–Crippen LogP) is 0.917. The van der Waals surface area contributed by atoms with Crippen molar-refractivity contribution in [3.05, 3.63) is 0 Å². The van der Waals surface area contributed by atoms with Gasteiger partial charge in [0.05, 0.1) is 13.2 Å². The predicted molar refractivity (Wildman–Crippen MR) is 68.8 cm³/mol. The lowest BCUT2D eigenvalue weighted by Gasteiger charge is -2.34. The third kappa shape index (κ3) is 4.64. The average Bonchev–Trinajstić information content (AvgIpc) is 2.34. The van der Waals surface area contributed by atoms with Crippen LogP contribution in [0.25, 0.3) is 0 Å². The highest BCUT2D eigenvalue weighted by Crippen LogP contribution is 2.26. The third-order valence-corrected chi connectivity index (χ3v) is 3.35. The van der Waals surface area contributed by atoms with Crippen molar-refractivity contribution in [1.29, 1.82) is 0 Å². The lowest BCUT2D eigenvalue weighted by molar-refractivity contribution is -0.144. The first-order valence-corrected chi connectivity index (χ1v) is 6.59. The van der Waals surface area contributed by atoms with E-state index in [1.807, 2.05) is 18.7 Å². The highest BCUT2D eigenvalue weighted by Gasteiger charge is 2.32. The number of nitrogens with zero attached hydrogens (tertiary/aromatic N) is 1. The lowest BCUT2D eigenvalue weighted by atomic mass is 9.85. The molecule has 2 N–H and O–H groups in total. The molecule has 0 unspecified atom stereocenters. The van der Waals surface area contributed by atoms with Crippen LogP contribution in [0.5, 0.6) is 0 Å². The zero-order valence-electron chi connectivity index (χ0n) is 11.4. The van der Waals surface area contributed by atoms with Crippen LogP contribution in [-0.2, 0) is 14.3 Å². The molecule has 0 aromatic carbocycles. The van der Waals surface area contributed by atoms with E-state index in [9.17, 15) is 9.59 Å². The van der Waals surface area contributed by atoms with E-state index < -0.39 is 0 Å². The van der Waals surface area contributed by atoms with Gasteiger partial charge in [-0.25, -0.2) is 0 Å². The molecule has 5 nitrogen and oxygen atoms in total. The molecular weight excluding hydrogens is 232 g/mol. The van der Waals surface area contributed by atoms with Gasteiger partial charge < -0.3 is 15.4 Å². The van der Waals surface area contributed by atoms with E-state index in [0.717, 1.165) is 19.3 Å². The molecule has 1 aliphatic rings. The number of ether oxygens (including phenoxy) is 1. The molecule has 0 atom stereocenters. The van der Waals surface area contributed by atoms with Gasteiger partial charge >= 0.3 is 0 Å². The van der Waals surface area contributed by atoms with Crippen LogP contribution in [-0.4, -0.2) is 43.0 Å². The van der Waals surface area contributed by atoms with Crippen molar-refractivity contribution in [3.8, 4) is 0 Å². The van der Waals surface area contributed by atoms with Crippen molar-refractivity contribution in [1.82, 2.24) is 4.90 Å². The number of hydrogen-bond acceptors (Lipinski definition) is 3. The fourth-order valence-corrected chi connectivity index (χ4v) is 2.17. The van der Waals surface area contributed by atoms with E-state index in [2.05, 4.69) is 0 Å². The smallest absolute Gasteiger partial charge is 0.228 e. The van der Waals surface area contributed by atoms with Crippen molar-refractivity contribution in [2.45, 2.75) is 39.5 Å². The van der Waals surface area contributed by atoms with Crippen LogP contribution >= 0.6 is 0 Å². The Labute approximate surface area is 109 Å². The first-order chi connectivity index (χ1) is 8.43. The molecule has 1 rings (SSSR count). The van der Waals surface area contributed by atoms with E-state index >= 15 is 0 Å². The molecule has 0 saturated carbocycles. The molecule has 2 amide bonds. The van der Waals surface area contributed by atoms with Gasteiger partial charge in [0.2, 0.25) is 11.8 Å². The summed E-state index contributed by atoms with van der Waals surface area (Å²) in [7, 11) is 0. The summed E-state index contributed by atoms with van der Waals surface area (Å²) in [4.78, 5) is 24.8. The molecule has 1 saturated heterocycles. The van der Waals surface area contributed by atoms with Gasteiger partial charge in [-0.15, -0.1) is 0 Å². The van der Waals surface area contributed by atoms with Gasteiger partial charge in [0, 0.05) is 24.9 Å². The van der Waals surface area contributed by atoms with E-state index in [-0.39, 0.29) is 17.2 Å². The highest BCUT2D eigenvalue weighted by atomic mass is 16.5. The van der Waals surface area contributed by atoms with E-state index in [0.29, 0.717) is 32.7 Å². The second-order valence-electron chi connectivity index (χ2n) is 5.46. The maximum atomic E-state index is 12.3. The third-order valence-electron chi connectivity index (χ3n) is 3.35. The first kappa shape index (κ1) is 15.0. The molecule has 0 radical (unpaired) electrons. The van der Waals surface area contributed by atoms with Crippen LogP contribution in [0.1, 0.15) is 39.5 Å². The van der Waals surface area contributed by atoms with Crippen LogP contribution < -0.4 is 5.73 Å². The van der Waals surface area contributed by atoms with Gasteiger partial charge in [-0.1, -0.05) is 20.3 Å². The second-order valence-corrected chi connectivity index (χ2v) is 5.46. The number of unbranched alkanes of at least 4 members (excludes halogenated alkanes) is 1. The first-order valence-electron chi connectivity index (χ1n) is 6.59. The second kappa shape index (κ2) is 6.73. The van der Waals surface area contributed by atoms with Gasteiger partial charge in [-0.3, -0.25) is 9.59 Å². The molecular formula is C13H24N2O3. The largest absolute Gasteiger partial charge is 0.378 e. The minimum absolute atomic E-state index is 0.185. The van der Waals surface area contributed by atoms with Crippen LogP contribution in [0, 0.1) is 5.41 Å². The maximum Gasteiger partial charge on any atom is 0.228 e. The molecule has 1 aliphatic heterocycles. The molecule has 0 aromatic heterocycles. The van der Waals surface area contributed by atoms with Gasteiger partial charge in [-0.2, -0.15) is 0 Å². The molecule has 18 heavy (non-hydrogen) atoms. The van der Waals surface area contributed by atoms with Crippen molar-refractivity contribution in [2.24, 2.45) is 11.1 Å². The molecule has 5 heteroatoms. The number of amides is 2. The van der Waals surface area contributed by atoms with Crippen LogP contribution in [0.4, 0.5) is 0 Å². The van der Waals surface area contributed by atoms with E-state index in [1.165, 1.54) is 0 Å². The summed E-state index contributed by atoms with van der Waals surface area (Å²) in [5.74, 6) is -0.0859. The lowest BCUT2D eigenvalue weighted by Crippen LogP contribution is -2.46. The van der Waals surface area contributed by atoms with Crippen molar-refractivity contribution < 1.29 is 14.3 Å². The number of carbonyl (C=O) groups is 2. The fraction of sp³-hybridized carbons (Fsp3) is 0.846. The minimum atomic E-state index is -0.366. The van der Waals surface area contributed by atoms with Gasteiger partial charge in [0.1, 0.15) is 0 Å². The van der Waals surface area contributed by atoms with Gasteiger partial charge in [-0.05, 0) is 12.8 Å². The Morgan fingerprint density at radius 2 is 1.83 bits per heavy atom. The minimum Gasteiger partial charge on any atom is -0.378 e. The summed E-state index contributed by atoms with van der Waals surface area (Å²) in [5.41, 5.74) is 4.72. The van der Waals surface area contributed by atoms with Crippen LogP contribution in [0.3, 0.4) is 0 Å². The number of carbonyl (C=O) groups excluding carboxylic acids is 2. The van der Waals surface area contributed by atoms with Crippen molar-refractivity contribution in [3.63, 3.8) is 0 Å². The van der Waals surface area contributed by atoms with E-state index in [4.69, 9.17) is 10.5 Å². The maximum absolute atomic E-state index is 12.3.